The molecule has 7 heteroatoms. The van der Waals surface area contributed by atoms with E-state index < -0.39 is 23.5 Å². The summed E-state index contributed by atoms with van der Waals surface area (Å²) in [6.07, 6.45) is 1.98. The van der Waals surface area contributed by atoms with Crippen molar-refractivity contribution in [3.05, 3.63) is 52.0 Å². The number of carbonyl (C=O) groups is 3. The number of benzene rings is 1. The summed E-state index contributed by atoms with van der Waals surface area (Å²) in [7, 11) is 0. The molecular weight excluding hydrogens is 424 g/mol. The number of aromatic nitrogens is 1. The molecular formula is C25H32N2O4S. The van der Waals surface area contributed by atoms with Crippen molar-refractivity contribution >= 4 is 29.0 Å². The molecule has 2 aromatic rings. The zero-order chi connectivity index (χ0) is 23.8. The van der Waals surface area contributed by atoms with Gasteiger partial charge in [-0.15, -0.1) is 11.3 Å². The van der Waals surface area contributed by atoms with E-state index in [-0.39, 0.29) is 35.9 Å². The van der Waals surface area contributed by atoms with E-state index in [9.17, 15) is 19.5 Å². The summed E-state index contributed by atoms with van der Waals surface area (Å²) in [5.41, 5.74) is -0.0417. The number of nitrogens with zero attached hydrogens (tertiary/aromatic N) is 2. The Labute approximate surface area is 193 Å². The molecule has 1 aliphatic rings. The lowest BCUT2D eigenvalue weighted by Crippen LogP contribution is -2.54. The SMILES string of the molecule is CC(=O)[C@@H]1C[C@@](CC(C)C)(C(=O)O)N(C(=O)c2ccc(C(C)(C)C)cc2)[C@H]1c1nccs1. The van der Waals surface area contributed by atoms with Crippen LogP contribution < -0.4 is 0 Å². The van der Waals surface area contributed by atoms with Gasteiger partial charge in [0.15, 0.2) is 0 Å². The van der Waals surface area contributed by atoms with Crippen LogP contribution in [0.3, 0.4) is 0 Å². The highest BCUT2D eigenvalue weighted by molar-refractivity contribution is 7.09. The van der Waals surface area contributed by atoms with Crippen LogP contribution in [0.25, 0.3) is 0 Å². The van der Waals surface area contributed by atoms with Gasteiger partial charge in [-0.25, -0.2) is 9.78 Å². The van der Waals surface area contributed by atoms with Crippen molar-refractivity contribution in [3.63, 3.8) is 0 Å². The Kier molecular flexibility index (Phi) is 6.61. The average molecular weight is 457 g/mol. The molecule has 0 unspecified atom stereocenters. The first-order chi connectivity index (χ1) is 14.9. The zero-order valence-electron chi connectivity index (χ0n) is 19.6. The van der Waals surface area contributed by atoms with Crippen molar-refractivity contribution in [2.75, 3.05) is 0 Å². The number of carboxylic acid groups (broad SMARTS) is 1. The second-order valence-electron chi connectivity index (χ2n) is 10.2. The van der Waals surface area contributed by atoms with Crippen LogP contribution in [-0.4, -0.2) is 38.2 Å². The van der Waals surface area contributed by atoms with Crippen LogP contribution in [0.4, 0.5) is 0 Å². The molecule has 0 saturated carbocycles. The Morgan fingerprint density at radius 3 is 2.28 bits per heavy atom. The van der Waals surface area contributed by atoms with Gasteiger partial charge in [-0.1, -0.05) is 46.8 Å². The molecule has 3 atom stereocenters. The first kappa shape index (κ1) is 24.1. The van der Waals surface area contributed by atoms with Gasteiger partial charge >= 0.3 is 5.97 Å². The smallest absolute Gasteiger partial charge is 0.329 e. The number of hydrogen-bond donors (Lipinski definition) is 1. The van der Waals surface area contributed by atoms with E-state index in [0.717, 1.165) is 5.56 Å². The second kappa shape index (κ2) is 8.77. The summed E-state index contributed by atoms with van der Waals surface area (Å²) in [6, 6.07) is 6.64. The first-order valence-electron chi connectivity index (χ1n) is 11.0. The first-order valence-corrected chi connectivity index (χ1v) is 11.8. The largest absolute Gasteiger partial charge is 0.479 e. The van der Waals surface area contributed by atoms with E-state index in [2.05, 4.69) is 25.8 Å². The molecule has 0 aliphatic carbocycles. The molecule has 172 valence electrons. The van der Waals surface area contributed by atoms with Gasteiger partial charge in [-0.3, -0.25) is 9.59 Å². The lowest BCUT2D eigenvalue weighted by atomic mass is 9.82. The Morgan fingerprint density at radius 1 is 1.22 bits per heavy atom. The molecule has 0 spiro atoms. The number of amides is 1. The van der Waals surface area contributed by atoms with Crippen LogP contribution in [-0.2, 0) is 15.0 Å². The fourth-order valence-electron chi connectivity index (χ4n) is 4.76. The quantitative estimate of drug-likeness (QED) is 0.653. The third-order valence-corrected chi connectivity index (χ3v) is 7.11. The number of ketones is 1. The molecule has 1 aromatic heterocycles. The summed E-state index contributed by atoms with van der Waals surface area (Å²) in [5.74, 6) is -2.17. The van der Waals surface area contributed by atoms with Gasteiger partial charge in [-0.2, -0.15) is 0 Å². The Bertz CT molecular complexity index is 992. The highest BCUT2D eigenvalue weighted by atomic mass is 32.1. The lowest BCUT2D eigenvalue weighted by Gasteiger charge is -2.38. The summed E-state index contributed by atoms with van der Waals surface area (Å²) in [4.78, 5) is 45.2. The van der Waals surface area contributed by atoms with Gasteiger partial charge in [0, 0.05) is 23.1 Å². The molecule has 32 heavy (non-hydrogen) atoms. The van der Waals surface area contributed by atoms with Crippen LogP contribution >= 0.6 is 11.3 Å². The number of likely N-dealkylation sites (tertiary alicyclic amines) is 1. The zero-order valence-corrected chi connectivity index (χ0v) is 20.4. The lowest BCUT2D eigenvalue weighted by molar-refractivity contribution is -0.150. The van der Waals surface area contributed by atoms with Crippen molar-refractivity contribution in [1.82, 2.24) is 9.88 Å². The maximum absolute atomic E-state index is 13.9. The van der Waals surface area contributed by atoms with Crippen molar-refractivity contribution in [3.8, 4) is 0 Å². The molecule has 1 amide bonds. The van der Waals surface area contributed by atoms with Gasteiger partial charge in [-0.05, 0) is 48.8 Å². The maximum atomic E-state index is 13.9. The van der Waals surface area contributed by atoms with Crippen molar-refractivity contribution in [2.45, 2.75) is 71.4 Å². The summed E-state index contributed by atoms with van der Waals surface area (Å²) in [5, 5.41) is 12.8. The minimum absolute atomic E-state index is 0.0207. The third-order valence-electron chi connectivity index (χ3n) is 6.27. The van der Waals surface area contributed by atoms with E-state index >= 15 is 0 Å². The standard InChI is InChI=1S/C25H32N2O4S/c1-15(2)13-25(23(30)31)14-19(16(3)28)20(21-26-11-12-32-21)27(25)22(29)17-7-9-18(10-8-17)24(4,5)6/h7-12,15,19-20H,13-14H2,1-6H3,(H,30,31)/t19-,20+,25-/m0/s1. The average Bonchev–Trinajstić information content (AvgIpc) is 3.33. The van der Waals surface area contributed by atoms with E-state index in [0.29, 0.717) is 10.6 Å². The van der Waals surface area contributed by atoms with Crippen LogP contribution in [0.1, 0.15) is 81.4 Å². The van der Waals surface area contributed by atoms with Crippen LogP contribution in [0, 0.1) is 11.8 Å². The molecule has 0 radical (unpaired) electrons. The van der Waals surface area contributed by atoms with Crippen molar-refractivity contribution in [2.24, 2.45) is 11.8 Å². The Balaban J connectivity index is 2.17. The number of hydrogen-bond acceptors (Lipinski definition) is 5. The molecule has 1 aromatic carbocycles. The molecule has 1 aliphatic heterocycles. The molecule has 1 fully saturated rings. The minimum atomic E-state index is -1.47. The molecule has 0 bridgehead atoms. The number of rotatable bonds is 6. The molecule has 2 heterocycles. The number of aliphatic carboxylic acids is 1. The van der Waals surface area contributed by atoms with E-state index in [1.807, 2.05) is 26.0 Å². The van der Waals surface area contributed by atoms with Crippen LogP contribution in [0.15, 0.2) is 35.8 Å². The topological polar surface area (TPSA) is 87.6 Å². The summed E-state index contributed by atoms with van der Waals surface area (Å²) in [6.45, 7) is 11.6. The molecule has 3 rings (SSSR count). The van der Waals surface area contributed by atoms with Gasteiger partial charge in [0.25, 0.3) is 5.91 Å². The predicted molar refractivity (Wildman–Crippen MR) is 125 cm³/mol. The fraction of sp³-hybridized carbons (Fsp3) is 0.520. The molecule has 1 N–H and O–H groups in total. The Morgan fingerprint density at radius 2 is 1.84 bits per heavy atom. The normalized spacial score (nSPS) is 23.5. The van der Waals surface area contributed by atoms with E-state index in [1.165, 1.54) is 23.2 Å². The third kappa shape index (κ3) is 4.35. The van der Waals surface area contributed by atoms with E-state index in [4.69, 9.17) is 0 Å². The maximum Gasteiger partial charge on any atom is 0.329 e. The molecule has 6 nitrogen and oxygen atoms in total. The fourth-order valence-corrected chi connectivity index (χ4v) is 5.55. The summed E-state index contributed by atoms with van der Waals surface area (Å²) < 4.78 is 0. The van der Waals surface area contributed by atoms with Gasteiger partial charge < -0.3 is 10.0 Å². The van der Waals surface area contributed by atoms with E-state index in [1.54, 1.807) is 23.7 Å². The van der Waals surface area contributed by atoms with Gasteiger partial charge in [0.2, 0.25) is 0 Å². The van der Waals surface area contributed by atoms with Crippen molar-refractivity contribution in [1.29, 1.82) is 0 Å². The van der Waals surface area contributed by atoms with Crippen LogP contribution in [0.2, 0.25) is 0 Å². The van der Waals surface area contributed by atoms with Gasteiger partial charge in [0.1, 0.15) is 16.3 Å². The number of carboxylic acids is 1. The number of Topliss-reactive ketones (excluding diaryl/α,β-unsaturated/α-hetero) is 1. The number of carbonyl (C=O) groups excluding carboxylic acids is 2. The monoisotopic (exact) mass is 456 g/mol. The summed E-state index contributed by atoms with van der Waals surface area (Å²) >= 11 is 1.34. The van der Waals surface area contributed by atoms with Gasteiger partial charge in [0.05, 0.1) is 6.04 Å². The highest BCUT2D eigenvalue weighted by Gasteiger charge is 2.60. The molecule has 1 saturated heterocycles. The second-order valence-corrected chi connectivity index (χ2v) is 11.1. The number of thiazole rings is 1. The van der Waals surface area contributed by atoms with Crippen molar-refractivity contribution < 1.29 is 19.5 Å². The van der Waals surface area contributed by atoms with Crippen LogP contribution in [0.5, 0.6) is 0 Å². The highest BCUT2D eigenvalue weighted by Crippen LogP contribution is 2.51. The Hall–Kier alpha value is -2.54. The minimum Gasteiger partial charge on any atom is -0.479 e. The predicted octanol–water partition coefficient (Wildman–Crippen LogP) is 5.10.